The van der Waals surface area contributed by atoms with Crippen LogP contribution in [-0.2, 0) is 0 Å². The van der Waals surface area contributed by atoms with E-state index >= 15 is 0 Å². The Labute approximate surface area is 147 Å². The fraction of sp³-hybridized carbons (Fsp3) is 0.545. The summed E-state index contributed by atoms with van der Waals surface area (Å²) >= 11 is 0. The van der Waals surface area contributed by atoms with Gasteiger partial charge in [0.1, 0.15) is 0 Å². The summed E-state index contributed by atoms with van der Waals surface area (Å²) in [5.74, 6) is 0.717. The van der Waals surface area contributed by atoms with Gasteiger partial charge < -0.3 is 4.90 Å². The number of rotatable bonds is 4. The highest BCUT2D eigenvalue weighted by atomic mass is 15.3. The van der Waals surface area contributed by atoms with Gasteiger partial charge in [0.2, 0.25) is 0 Å². The molecule has 0 N–H and O–H groups in total. The number of anilines is 1. The van der Waals surface area contributed by atoms with Gasteiger partial charge in [0.25, 0.3) is 0 Å². The molecule has 1 atom stereocenters. The number of benzene rings is 1. The number of allylic oxidation sites excluding steroid dienone is 2. The molecular weight excluding hydrogens is 292 g/mol. The number of aryl methyl sites for hydroxylation is 2. The Kier molecular flexibility index (Phi) is 5.45. The zero-order valence-corrected chi connectivity index (χ0v) is 15.6. The second-order valence-corrected chi connectivity index (χ2v) is 7.73. The first-order valence-electron chi connectivity index (χ1n) is 9.41. The van der Waals surface area contributed by atoms with Crippen LogP contribution in [0.25, 0.3) is 0 Å². The molecule has 1 aliphatic carbocycles. The molecule has 2 aliphatic rings. The third-order valence-corrected chi connectivity index (χ3v) is 5.71. The molecule has 1 unspecified atom stereocenters. The Morgan fingerprint density at radius 1 is 1.17 bits per heavy atom. The lowest BCUT2D eigenvalue weighted by Crippen LogP contribution is -2.47. The summed E-state index contributed by atoms with van der Waals surface area (Å²) in [6.07, 6.45) is 6.24. The predicted octanol–water partition coefficient (Wildman–Crippen LogP) is 4.73. The molecule has 1 aromatic rings. The SMILES string of the molecule is C=C(C)C1CC=C(CN2CCN(c3cc(C)ccc3C)CC2)CC1. The highest BCUT2D eigenvalue weighted by Gasteiger charge is 2.21. The summed E-state index contributed by atoms with van der Waals surface area (Å²) in [5.41, 5.74) is 7.18. The van der Waals surface area contributed by atoms with Crippen molar-refractivity contribution in [2.24, 2.45) is 5.92 Å². The van der Waals surface area contributed by atoms with Crippen molar-refractivity contribution in [1.29, 1.82) is 0 Å². The zero-order chi connectivity index (χ0) is 17.1. The van der Waals surface area contributed by atoms with Crippen LogP contribution >= 0.6 is 0 Å². The van der Waals surface area contributed by atoms with E-state index in [9.17, 15) is 0 Å². The van der Waals surface area contributed by atoms with Crippen molar-refractivity contribution < 1.29 is 0 Å². The van der Waals surface area contributed by atoms with E-state index < -0.39 is 0 Å². The van der Waals surface area contributed by atoms with Gasteiger partial charge in [0.05, 0.1) is 0 Å². The summed E-state index contributed by atoms with van der Waals surface area (Å²) in [7, 11) is 0. The molecule has 0 amide bonds. The van der Waals surface area contributed by atoms with Crippen LogP contribution in [0.3, 0.4) is 0 Å². The average Bonchev–Trinajstić information content (AvgIpc) is 2.58. The molecule has 3 rings (SSSR count). The lowest BCUT2D eigenvalue weighted by molar-refractivity contribution is 0.273. The Morgan fingerprint density at radius 3 is 2.54 bits per heavy atom. The van der Waals surface area contributed by atoms with E-state index in [2.05, 4.69) is 61.4 Å². The van der Waals surface area contributed by atoms with Crippen molar-refractivity contribution >= 4 is 5.69 Å². The Balaban J connectivity index is 1.52. The fourth-order valence-corrected chi connectivity index (χ4v) is 3.97. The highest BCUT2D eigenvalue weighted by Crippen LogP contribution is 2.29. The quantitative estimate of drug-likeness (QED) is 0.739. The molecule has 24 heavy (non-hydrogen) atoms. The van der Waals surface area contributed by atoms with Gasteiger partial charge in [0.15, 0.2) is 0 Å². The molecule has 0 aromatic heterocycles. The van der Waals surface area contributed by atoms with Crippen molar-refractivity contribution in [3.05, 3.63) is 53.1 Å². The van der Waals surface area contributed by atoms with Crippen LogP contribution in [0.15, 0.2) is 42.0 Å². The van der Waals surface area contributed by atoms with E-state index in [1.807, 2.05) is 0 Å². The van der Waals surface area contributed by atoms with Crippen molar-refractivity contribution in [2.45, 2.75) is 40.0 Å². The van der Waals surface area contributed by atoms with Crippen molar-refractivity contribution in [2.75, 3.05) is 37.6 Å². The third kappa shape index (κ3) is 4.10. The van der Waals surface area contributed by atoms with Crippen LogP contribution in [0, 0.1) is 19.8 Å². The number of hydrogen-bond acceptors (Lipinski definition) is 2. The minimum Gasteiger partial charge on any atom is -0.369 e. The van der Waals surface area contributed by atoms with Gasteiger partial charge in [0, 0.05) is 38.4 Å². The molecule has 1 saturated heterocycles. The van der Waals surface area contributed by atoms with Gasteiger partial charge in [-0.2, -0.15) is 0 Å². The molecule has 0 bridgehead atoms. The van der Waals surface area contributed by atoms with Crippen molar-refractivity contribution in [3.8, 4) is 0 Å². The standard InChI is InChI=1S/C22H32N2/c1-17(2)21-9-7-20(8-10-21)16-23-11-13-24(14-12-23)22-15-18(3)5-6-19(22)4/h5-7,15,21H,1,8-14,16H2,2-4H3. The molecule has 1 aromatic carbocycles. The van der Waals surface area contributed by atoms with Gasteiger partial charge in [-0.25, -0.2) is 0 Å². The Hall–Kier alpha value is -1.54. The summed E-state index contributed by atoms with van der Waals surface area (Å²) in [5, 5.41) is 0. The molecule has 0 saturated carbocycles. The molecule has 0 spiro atoms. The van der Waals surface area contributed by atoms with Crippen molar-refractivity contribution in [3.63, 3.8) is 0 Å². The monoisotopic (exact) mass is 324 g/mol. The summed E-state index contributed by atoms with van der Waals surface area (Å²) in [4.78, 5) is 5.19. The summed E-state index contributed by atoms with van der Waals surface area (Å²) < 4.78 is 0. The van der Waals surface area contributed by atoms with Crippen LogP contribution in [0.4, 0.5) is 5.69 Å². The lowest BCUT2D eigenvalue weighted by atomic mass is 9.85. The van der Waals surface area contributed by atoms with Gasteiger partial charge >= 0.3 is 0 Å². The number of piperazine rings is 1. The third-order valence-electron chi connectivity index (χ3n) is 5.71. The largest absolute Gasteiger partial charge is 0.369 e. The molecular formula is C22H32N2. The topological polar surface area (TPSA) is 6.48 Å². The summed E-state index contributed by atoms with van der Waals surface area (Å²) in [6, 6.07) is 6.80. The lowest BCUT2D eigenvalue weighted by Gasteiger charge is -2.38. The minimum atomic E-state index is 0.717. The molecule has 130 valence electrons. The Morgan fingerprint density at radius 2 is 1.92 bits per heavy atom. The second-order valence-electron chi connectivity index (χ2n) is 7.73. The van der Waals surface area contributed by atoms with Gasteiger partial charge in [-0.05, 0) is 63.1 Å². The molecule has 1 fully saturated rings. The zero-order valence-electron chi connectivity index (χ0n) is 15.6. The molecule has 2 heteroatoms. The first kappa shape index (κ1) is 17.3. The first-order valence-corrected chi connectivity index (χ1v) is 9.41. The molecule has 0 radical (unpaired) electrons. The minimum absolute atomic E-state index is 0.717. The van der Waals surface area contributed by atoms with Crippen LogP contribution in [0.1, 0.15) is 37.3 Å². The van der Waals surface area contributed by atoms with E-state index in [0.29, 0.717) is 0 Å². The van der Waals surface area contributed by atoms with Crippen LogP contribution in [-0.4, -0.2) is 37.6 Å². The second kappa shape index (κ2) is 7.57. The highest BCUT2D eigenvalue weighted by molar-refractivity contribution is 5.55. The van der Waals surface area contributed by atoms with E-state index in [1.54, 1.807) is 5.57 Å². The fourth-order valence-electron chi connectivity index (χ4n) is 3.97. The van der Waals surface area contributed by atoms with E-state index in [0.717, 1.165) is 19.0 Å². The smallest absolute Gasteiger partial charge is 0.0399 e. The first-order chi connectivity index (χ1) is 11.5. The van der Waals surface area contributed by atoms with Crippen LogP contribution < -0.4 is 4.90 Å². The van der Waals surface area contributed by atoms with Gasteiger partial charge in [-0.1, -0.05) is 35.9 Å². The maximum atomic E-state index is 4.12. The van der Waals surface area contributed by atoms with Gasteiger partial charge in [-0.3, -0.25) is 4.90 Å². The molecule has 1 heterocycles. The maximum Gasteiger partial charge on any atom is 0.0399 e. The normalized spacial score (nSPS) is 22.4. The van der Waals surface area contributed by atoms with E-state index in [1.165, 1.54) is 61.3 Å². The number of nitrogens with zero attached hydrogens (tertiary/aromatic N) is 2. The molecule has 2 nitrogen and oxygen atoms in total. The van der Waals surface area contributed by atoms with E-state index in [4.69, 9.17) is 0 Å². The van der Waals surface area contributed by atoms with Gasteiger partial charge in [-0.15, -0.1) is 0 Å². The maximum absolute atomic E-state index is 4.12. The van der Waals surface area contributed by atoms with Crippen LogP contribution in [0.5, 0.6) is 0 Å². The summed E-state index contributed by atoms with van der Waals surface area (Å²) in [6.45, 7) is 16.5. The average molecular weight is 325 g/mol. The Bertz CT molecular complexity index is 621. The van der Waals surface area contributed by atoms with Crippen molar-refractivity contribution in [1.82, 2.24) is 4.90 Å². The van der Waals surface area contributed by atoms with Crippen LogP contribution in [0.2, 0.25) is 0 Å². The predicted molar refractivity (Wildman–Crippen MR) is 105 cm³/mol. The number of hydrogen-bond donors (Lipinski definition) is 0. The molecule has 1 aliphatic heterocycles. The van der Waals surface area contributed by atoms with E-state index in [-0.39, 0.29) is 0 Å².